The quantitative estimate of drug-likeness (QED) is 0.504. The second-order valence-electron chi connectivity index (χ2n) is 3.85. The van der Waals surface area contributed by atoms with E-state index in [1.165, 1.54) is 19.2 Å². The second-order valence-corrected chi connectivity index (χ2v) is 3.85. The number of H-pyrrole nitrogens is 1. The fourth-order valence-electron chi connectivity index (χ4n) is 1.54. The Morgan fingerprint density at radius 1 is 1.38 bits per heavy atom. The monoisotopic (exact) mass is 289 g/mol. The van der Waals surface area contributed by atoms with Gasteiger partial charge in [0.05, 0.1) is 23.7 Å². The van der Waals surface area contributed by atoms with Crippen molar-refractivity contribution < 1.29 is 23.9 Å². The van der Waals surface area contributed by atoms with E-state index in [1.807, 2.05) is 0 Å². The van der Waals surface area contributed by atoms with Crippen LogP contribution in [0.2, 0.25) is 0 Å². The number of carbonyl (C=O) groups is 3. The highest BCUT2D eigenvalue weighted by Gasteiger charge is 2.13. The van der Waals surface area contributed by atoms with Crippen molar-refractivity contribution in [3.05, 3.63) is 36.4 Å². The summed E-state index contributed by atoms with van der Waals surface area (Å²) in [5.41, 5.74) is 1.17. The number of rotatable bonds is 3. The van der Waals surface area contributed by atoms with Crippen molar-refractivity contribution in [3.63, 3.8) is 0 Å². The number of aromatic amines is 1. The van der Waals surface area contributed by atoms with Crippen molar-refractivity contribution in [3.8, 4) is 0 Å². The summed E-state index contributed by atoms with van der Waals surface area (Å²) in [5, 5.41) is 2.36. The second kappa shape index (κ2) is 5.87. The highest BCUT2D eigenvalue weighted by atomic mass is 16.6. The molecule has 8 heteroatoms. The Morgan fingerprint density at radius 2 is 2.14 bits per heavy atom. The maximum absolute atomic E-state index is 11.7. The maximum atomic E-state index is 11.7. The highest BCUT2D eigenvalue weighted by Crippen LogP contribution is 2.17. The van der Waals surface area contributed by atoms with Crippen molar-refractivity contribution in [2.75, 3.05) is 12.4 Å². The molecule has 0 bridgehead atoms. The number of carbonyl (C=O) groups excluding carboxylic acids is 3. The van der Waals surface area contributed by atoms with E-state index in [1.54, 1.807) is 6.07 Å². The number of nitrogens with one attached hydrogen (secondary N) is 2. The number of fused-ring (bicyclic) bond motifs is 1. The minimum Gasteiger partial charge on any atom is -0.453 e. The molecule has 1 amide bonds. The molecule has 108 valence electrons. The van der Waals surface area contributed by atoms with E-state index in [4.69, 9.17) is 0 Å². The van der Waals surface area contributed by atoms with Gasteiger partial charge in [0, 0.05) is 6.08 Å². The Hall–Kier alpha value is -3.16. The topological polar surface area (TPSA) is 110 Å². The molecule has 0 fully saturated rings. The predicted octanol–water partition coefficient (Wildman–Crippen LogP) is 1.61. The zero-order chi connectivity index (χ0) is 15.4. The van der Waals surface area contributed by atoms with Crippen LogP contribution in [0.1, 0.15) is 10.4 Å². The summed E-state index contributed by atoms with van der Waals surface area (Å²) >= 11 is 0. The summed E-state index contributed by atoms with van der Waals surface area (Å²) in [7, 11) is 1.22. The summed E-state index contributed by atoms with van der Waals surface area (Å²) in [5.74, 6) is -1.47. The lowest BCUT2D eigenvalue weighted by Gasteiger charge is -1.99. The first-order valence-corrected chi connectivity index (χ1v) is 5.77. The van der Waals surface area contributed by atoms with E-state index in [0.717, 1.165) is 6.08 Å². The standard InChI is InChI=1S/C13H11N3O5/c1-3-10(17)21-11(18)7-4-5-8-9(6-7)15-12(14-8)16-13(19)20-2/h3-6H,1H2,2H3,(H2,14,15,16,19). The average molecular weight is 289 g/mol. The van der Waals surface area contributed by atoms with E-state index in [2.05, 4.69) is 31.3 Å². The van der Waals surface area contributed by atoms with Gasteiger partial charge in [-0.2, -0.15) is 0 Å². The number of anilines is 1. The molecule has 1 aromatic heterocycles. The van der Waals surface area contributed by atoms with Gasteiger partial charge in [-0.05, 0) is 18.2 Å². The van der Waals surface area contributed by atoms with Crippen LogP contribution in [0.5, 0.6) is 0 Å². The molecule has 2 N–H and O–H groups in total. The lowest BCUT2D eigenvalue weighted by molar-refractivity contribution is -0.132. The van der Waals surface area contributed by atoms with E-state index in [9.17, 15) is 14.4 Å². The van der Waals surface area contributed by atoms with Gasteiger partial charge in [-0.25, -0.2) is 19.4 Å². The minimum atomic E-state index is -0.835. The molecule has 21 heavy (non-hydrogen) atoms. The van der Waals surface area contributed by atoms with Crippen molar-refractivity contribution in [2.24, 2.45) is 0 Å². The first kappa shape index (κ1) is 14.3. The van der Waals surface area contributed by atoms with Crippen LogP contribution in [0.4, 0.5) is 10.7 Å². The molecule has 1 heterocycles. The molecule has 8 nitrogen and oxygen atoms in total. The van der Waals surface area contributed by atoms with Crippen LogP contribution in [0, 0.1) is 0 Å². The summed E-state index contributed by atoms with van der Waals surface area (Å²) in [6.45, 7) is 3.20. The molecule has 2 rings (SSSR count). The molecule has 1 aromatic carbocycles. The Labute approximate surface area is 118 Å². The Morgan fingerprint density at radius 3 is 2.81 bits per heavy atom. The highest BCUT2D eigenvalue weighted by molar-refractivity contribution is 6.01. The SMILES string of the molecule is C=CC(=O)OC(=O)c1ccc2nc(NC(=O)OC)[nH]c2c1. The van der Waals surface area contributed by atoms with Crippen molar-refractivity contribution >= 4 is 35.0 Å². The van der Waals surface area contributed by atoms with Gasteiger partial charge in [0.2, 0.25) is 5.95 Å². The van der Waals surface area contributed by atoms with Crippen molar-refractivity contribution in [1.29, 1.82) is 0 Å². The Balaban J connectivity index is 2.25. The fourth-order valence-corrected chi connectivity index (χ4v) is 1.54. The third-order valence-electron chi connectivity index (χ3n) is 2.48. The van der Waals surface area contributed by atoms with E-state index in [-0.39, 0.29) is 11.5 Å². The molecule has 0 saturated heterocycles. The third-order valence-corrected chi connectivity index (χ3v) is 2.48. The smallest absolute Gasteiger partial charge is 0.413 e. The lowest BCUT2D eigenvalue weighted by Crippen LogP contribution is -2.11. The first-order chi connectivity index (χ1) is 10.0. The van der Waals surface area contributed by atoms with E-state index in [0.29, 0.717) is 11.0 Å². The van der Waals surface area contributed by atoms with Crippen molar-refractivity contribution in [2.45, 2.75) is 0 Å². The third kappa shape index (κ3) is 3.24. The molecule has 0 spiro atoms. The Bertz CT molecular complexity index is 734. The molecular formula is C13H11N3O5. The number of nitrogens with zero attached hydrogens (tertiary/aromatic N) is 1. The van der Waals surface area contributed by atoms with Gasteiger partial charge in [0.15, 0.2) is 0 Å². The molecule has 0 aliphatic rings. The zero-order valence-electron chi connectivity index (χ0n) is 11.0. The van der Waals surface area contributed by atoms with Crippen molar-refractivity contribution in [1.82, 2.24) is 9.97 Å². The maximum Gasteiger partial charge on any atom is 0.413 e. The van der Waals surface area contributed by atoms with Crippen LogP contribution in [-0.2, 0) is 14.3 Å². The number of methoxy groups -OCH3 is 1. The minimum absolute atomic E-state index is 0.158. The van der Waals surface area contributed by atoms with Crippen LogP contribution >= 0.6 is 0 Å². The van der Waals surface area contributed by atoms with Crippen LogP contribution in [0.25, 0.3) is 11.0 Å². The predicted molar refractivity (Wildman–Crippen MR) is 72.7 cm³/mol. The number of hydrogen-bond donors (Lipinski definition) is 2. The Kier molecular flexibility index (Phi) is 3.98. The number of benzene rings is 1. The molecule has 0 atom stereocenters. The molecule has 0 unspecified atom stereocenters. The van der Waals surface area contributed by atoms with Gasteiger partial charge < -0.3 is 14.5 Å². The van der Waals surface area contributed by atoms with Gasteiger partial charge in [0.1, 0.15) is 0 Å². The molecule has 0 saturated carbocycles. The van der Waals surface area contributed by atoms with Gasteiger partial charge in [-0.1, -0.05) is 6.58 Å². The molecule has 2 aromatic rings. The molecule has 0 aliphatic heterocycles. The van der Waals surface area contributed by atoms with Crippen LogP contribution in [0.3, 0.4) is 0 Å². The van der Waals surface area contributed by atoms with Gasteiger partial charge in [0.25, 0.3) is 0 Å². The zero-order valence-corrected chi connectivity index (χ0v) is 11.0. The number of imidazole rings is 1. The summed E-state index contributed by atoms with van der Waals surface area (Å²) in [6.07, 6.45) is 0.218. The number of aromatic nitrogens is 2. The van der Waals surface area contributed by atoms with E-state index >= 15 is 0 Å². The largest absolute Gasteiger partial charge is 0.453 e. The average Bonchev–Trinajstić information content (AvgIpc) is 2.87. The van der Waals surface area contributed by atoms with Crippen LogP contribution in [-0.4, -0.2) is 35.1 Å². The van der Waals surface area contributed by atoms with E-state index < -0.39 is 18.0 Å². The summed E-state index contributed by atoms with van der Waals surface area (Å²) in [6, 6.07) is 4.44. The number of hydrogen-bond acceptors (Lipinski definition) is 6. The molecule has 0 radical (unpaired) electrons. The molecular weight excluding hydrogens is 278 g/mol. The van der Waals surface area contributed by atoms with Crippen LogP contribution in [0.15, 0.2) is 30.9 Å². The lowest BCUT2D eigenvalue weighted by atomic mass is 10.2. The first-order valence-electron chi connectivity index (χ1n) is 5.77. The van der Waals surface area contributed by atoms with Crippen LogP contribution < -0.4 is 5.32 Å². The summed E-state index contributed by atoms with van der Waals surface area (Å²) < 4.78 is 8.94. The number of amides is 1. The van der Waals surface area contributed by atoms with Gasteiger partial charge in [-0.15, -0.1) is 0 Å². The van der Waals surface area contributed by atoms with Gasteiger partial charge >= 0.3 is 18.0 Å². The number of esters is 2. The number of ether oxygens (including phenoxy) is 2. The fraction of sp³-hybridized carbons (Fsp3) is 0.0769. The summed E-state index contributed by atoms with van der Waals surface area (Å²) in [4.78, 5) is 40.6. The molecule has 0 aliphatic carbocycles. The van der Waals surface area contributed by atoms with Gasteiger partial charge in [-0.3, -0.25) is 5.32 Å². The normalized spacial score (nSPS) is 9.95.